The standard InChI is InChI=1S/C18H17N3O2S/c1-10-6-4-5-7-15(10)21-11(2)8-13(12(21)3)9-14-16(22)19-18(24)20-17(14)23/h4-9H,1-3H3,(H2,19,20,22,23,24). The van der Waals surface area contributed by atoms with Crippen LogP contribution < -0.4 is 10.6 Å². The second-order valence-electron chi connectivity index (χ2n) is 5.74. The molecule has 0 saturated carbocycles. The van der Waals surface area contributed by atoms with Crippen molar-refractivity contribution in [3.05, 3.63) is 58.4 Å². The minimum absolute atomic E-state index is 0.0348. The van der Waals surface area contributed by atoms with Gasteiger partial charge < -0.3 is 4.57 Å². The summed E-state index contributed by atoms with van der Waals surface area (Å²) in [6.45, 7) is 6.02. The maximum absolute atomic E-state index is 12.0. The van der Waals surface area contributed by atoms with Crippen LogP contribution in [0.4, 0.5) is 0 Å². The van der Waals surface area contributed by atoms with Crippen LogP contribution in [0.1, 0.15) is 22.5 Å². The molecule has 0 radical (unpaired) electrons. The van der Waals surface area contributed by atoms with E-state index < -0.39 is 11.8 Å². The Morgan fingerprint density at radius 3 is 2.29 bits per heavy atom. The topological polar surface area (TPSA) is 63.1 Å². The lowest BCUT2D eigenvalue weighted by Crippen LogP contribution is -2.51. The van der Waals surface area contributed by atoms with Crippen LogP contribution >= 0.6 is 12.2 Å². The zero-order valence-electron chi connectivity index (χ0n) is 13.6. The van der Waals surface area contributed by atoms with Gasteiger partial charge in [0.1, 0.15) is 5.57 Å². The Balaban J connectivity index is 2.09. The fourth-order valence-electron chi connectivity index (χ4n) is 2.88. The Labute approximate surface area is 145 Å². The first-order chi connectivity index (χ1) is 11.4. The highest BCUT2D eigenvalue weighted by molar-refractivity contribution is 7.80. The molecule has 1 saturated heterocycles. The van der Waals surface area contributed by atoms with E-state index in [1.54, 1.807) is 6.08 Å². The Bertz CT molecular complexity index is 887. The number of aryl methyl sites for hydroxylation is 2. The highest BCUT2D eigenvalue weighted by Gasteiger charge is 2.26. The van der Waals surface area contributed by atoms with E-state index in [4.69, 9.17) is 12.2 Å². The average Bonchev–Trinajstić information content (AvgIpc) is 2.78. The number of para-hydroxylation sites is 1. The first kappa shape index (κ1) is 16.1. The van der Waals surface area contributed by atoms with E-state index in [9.17, 15) is 9.59 Å². The third-order valence-corrected chi connectivity index (χ3v) is 4.27. The predicted molar refractivity (Wildman–Crippen MR) is 96.8 cm³/mol. The van der Waals surface area contributed by atoms with Crippen LogP contribution in [0.15, 0.2) is 35.9 Å². The zero-order valence-corrected chi connectivity index (χ0v) is 14.5. The van der Waals surface area contributed by atoms with Gasteiger partial charge in [0, 0.05) is 17.1 Å². The molecule has 0 bridgehead atoms. The van der Waals surface area contributed by atoms with E-state index in [1.165, 1.54) is 0 Å². The molecule has 122 valence electrons. The Morgan fingerprint density at radius 1 is 1.04 bits per heavy atom. The largest absolute Gasteiger partial charge is 0.318 e. The molecule has 0 unspecified atom stereocenters. The minimum Gasteiger partial charge on any atom is -0.318 e. The number of rotatable bonds is 2. The van der Waals surface area contributed by atoms with Gasteiger partial charge in [-0.05, 0) is 62.3 Å². The van der Waals surface area contributed by atoms with Crippen molar-refractivity contribution in [3.8, 4) is 5.69 Å². The summed E-state index contributed by atoms with van der Waals surface area (Å²) in [6, 6.07) is 10.0. The normalized spacial score (nSPS) is 14.5. The summed E-state index contributed by atoms with van der Waals surface area (Å²) in [5, 5.41) is 4.93. The Kier molecular flexibility index (Phi) is 4.07. The number of hydrogen-bond donors (Lipinski definition) is 2. The number of aromatic nitrogens is 1. The van der Waals surface area contributed by atoms with Crippen molar-refractivity contribution < 1.29 is 9.59 Å². The van der Waals surface area contributed by atoms with Gasteiger partial charge in [0.2, 0.25) is 0 Å². The smallest absolute Gasteiger partial charge is 0.263 e. The summed E-state index contributed by atoms with van der Waals surface area (Å²) in [5.41, 5.74) is 5.09. The maximum atomic E-state index is 12.0. The SMILES string of the molecule is Cc1ccccc1-n1c(C)cc(C=C2C(=O)NC(=S)NC2=O)c1C. The van der Waals surface area contributed by atoms with Gasteiger partial charge in [0.05, 0.1) is 0 Å². The first-order valence-electron chi connectivity index (χ1n) is 7.52. The van der Waals surface area contributed by atoms with Gasteiger partial charge in [-0.3, -0.25) is 20.2 Å². The van der Waals surface area contributed by atoms with Gasteiger partial charge in [-0.2, -0.15) is 0 Å². The van der Waals surface area contributed by atoms with Crippen molar-refractivity contribution in [1.82, 2.24) is 15.2 Å². The first-order valence-corrected chi connectivity index (χ1v) is 7.92. The average molecular weight is 339 g/mol. The fraction of sp³-hybridized carbons (Fsp3) is 0.167. The summed E-state index contributed by atoms with van der Waals surface area (Å²) in [7, 11) is 0. The Hall–Kier alpha value is -2.73. The molecule has 6 heteroatoms. The van der Waals surface area contributed by atoms with Gasteiger partial charge in [-0.25, -0.2) is 0 Å². The van der Waals surface area contributed by atoms with E-state index in [0.717, 1.165) is 28.2 Å². The minimum atomic E-state index is -0.482. The molecule has 2 heterocycles. The van der Waals surface area contributed by atoms with Crippen molar-refractivity contribution in [1.29, 1.82) is 0 Å². The van der Waals surface area contributed by atoms with E-state index >= 15 is 0 Å². The van der Waals surface area contributed by atoms with Gasteiger partial charge in [0.25, 0.3) is 11.8 Å². The second-order valence-corrected chi connectivity index (χ2v) is 6.15. The number of carbonyl (C=O) groups is 2. The number of carbonyl (C=O) groups excluding carboxylic acids is 2. The van der Waals surface area contributed by atoms with E-state index in [-0.39, 0.29) is 10.7 Å². The van der Waals surface area contributed by atoms with Crippen molar-refractivity contribution in [2.45, 2.75) is 20.8 Å². The monoisotopic (exact) mass is 339 g/mol. The van der Waals surface area contributed by atoms with E-state index in [0.29, 0.717) is 0 Å². The van der Waals surface area contributed by atoms with Crippen molar-refractivity contribution in [3.63, 3.8) is 0 Å². The van der Waals surface area contributed by atoms with Crippen LogP contribution in [-0.2, 0) is 9.59 Å². The van der Waals surface area contributed by atoms with Gasteiger partial charge in [-0.15, -0.1) is 0 Å². The molecular formula is C18H17N3O2S. The second kappa shape index (κ2) is 6.05. The van der Waals surface area contributed by atoms with E-state index in [1.807, 2.05) is 38.1 Å². The van der Waals surface area contributed by atoms with Crippen molar-refractivity contribution in [2.24, 2.45) is 0 Å². The molecule has 0 spiro atoms. The lowest BCUT2D eigenvalue weighted by Gasteiger charge is -2.16. The molecule has 1 aliphatic rings. The molecule has 2 aromatic rings. The van der Waals surface area contributed by atoms with Gasteiger partial charge in [0.15, 0.2) is 5.11 Å². The molecule has 24 heavy (non-hydrogen) atoms. The Morgan fingerprint density at radius 2 is 1.67 bits per heavy atom. The molecular weight excluding hydrogens is 322 g/mol. The molecule has 1 aromatic heterocycles. The van der Waals surface area contributed by atoms with E-state index in [2.05, 4.69) is 28.2 Å². The summed E-state index contributed by atoms with van der Waals surface area (Å²) < 4.78 is 2.12. The van der Waals surface area contributed by atoms with Crippen LogP contribution in [0.25, 0.3) is 11.8 Å². The lowest BCUT2D eigenvalue weighted by molar-refractivity contribution is -0.123. The maximum Gasteiger partial charge on any atom is 0.263 e. The molecule has 5 nitrogen and oxygen atoms in total. The number of thiocarbonyl (C=S) groups is 1. The number of amides is 2. The third-order valence-electron chi connectivity index (χ3n) is 4.07. The molecule has 1 aliphatic heterocycles. The summed E-state index contributed by atoms with van der Waals surface area (Å²) in [5.74, 6) is -0.964. The van der Waals surface area contributed by atoms with Crippen molar-refractivity contribution >= 4 is 35.2 Å². The van der Waals surface area contributed by atoms with Crippen LogP contribution in [0.2, 0.25) is 0 Å². The number of nitrogens with one attached hydrogen (secondary N) is 2. The highest BCUT2D eigenvalue weighted by atomic mass is 32.1. The zero-order chi connectivity index (χ0) is 17.4. The van der Waals surface area contributed by atoms with Gasteiger partial charge in [-0.1, -0.05) is 18.2 Å². The van der Waals surface area contributed by atoms with Crippen LogP contribution in [0, 0.1) is 20.8 Å². The summed E-state index contributed by atoms with van der Waals surface area (Å²) in [4.78, 5) is 24.0. The number of benzene rings is 1. The number of nitrogens with zero attached hydrogens (tertiary/aromatic N) is 1. The quantitative estimate of drug-likeness (QED) is 0.501. The number of hydrogen-bond acceptors (Lipinski definition) is 3. The highest BCUT2D eigenvalue weighted by Crippen LogP contribution is 2.25. The molecule has 2 N–H and O–H groups in total. The lowest BCUT2D eigenvalue weighted by atomic mass is 10.1. The molecule has 0 atom stereocenters. The van der Waals surface area contributed by atoms with Crippen molar-refractivity contribution in [2.75, 3.05) is 0 Å². The van der Waals surface area contributed by atoms with Crippen LogP contribution in [-0.4, -0.2) is 21.5 Å². The molecule has 3 rings (SSSR count). The molecule has 1 fully saturated rings. The molecule has 2 amide bonds. The van der Waals surface area contributed by atoms with Gasteiger partial charge >= 0.3 is 0 Å². The summed E-state index contributed by atoms with van der Waals surface area (Å²) in [6.07, 6.45) is 1.60. The molecule has 0 aliphatic carbocycles. The molecule has 1 aromatic carbocycles. The third kappa shape index (κ3) is 2.76. The summed E-state index contributed by atoms with van der Waals surface area (Å²) >= 11 is 4.81. The fourth-order valence-corrected chi connectivity index (χ4v) is 3.07. The predicted octanol–water partition coefficient (Wildman–Crippen LogP) is 2.32. The van der Waals surface area contributed by atoms with Crippen LogP contribution in [0.5, 0.6) is 0 Å². The van der Waals surface area contributed by atoms with Crippen LogP contribution in [0.3, 0.4) is 0 Å².